The summed E-state index contributed by atoms with van der Waals surface area (Å²) in [5, 5.41) is 6.36. The van der Waals surface area contributed by atoms with Gasteiger partial charge >= 0.3 is 6.18 Å². The number of pyridine rings is 1. The van der Waals surface area contributed by atoms with E-state index >= 15 is 0 Å². The van der Waals surface area contributed by atoms with E-state index in [0.717, 1.165) is 5.69 Å². The first-order valence-electron chi connectivity index (χ1n) is 6.73. The third kappa shape index (κ3) is 3.61. The van der Waals surface area contributed by atoms with Crippen LogP contribution in [0.1, 0.15) is 29.9 Å². The Kier molecular flexibility index (Phi) is 4.31. The topological polar surface area (TPSA) is 79.8 Å². The molecule has 2 rings (SSSR count). The largest absolute Gasteiger partial charge is 0.417 e. The summed E-state index contributed by atoms with van der Waals surface area (Å²) >= 11 is 0. The molecule has 2 aromatic heterocycles. The Bertz CT molecular complexity index is 792. The minimum Gasteiger partial charge on any atom is -0.327 e. The number of hydrogen-bond acceptors (Lipinski definition) is 3. The number of aromatic amines is 1. The average molecular weight is 328 g/mol. The normalized spacial score (nSPS) is 13.0. The third-order valence-corrected chi connectivity index (χ3v) is 3.28. The molecule has 2 heterocycles. The molecule has 2 N–H and O–H groups in total. The molecular weight excluding hydrogens is 313 g/mol. The molecule has 0 unspecified atom stereocenters. The summed E-state index contributed by atoms with van der Waals surface area (Å²) in [7, 11) is 0. The molecule has 2 aromatic rings. The van der Waals surface area contributed by atoms with E-state index in [0.29, 0.717) is 18.0 Å². The first kappa shape index (κ1) is 16.8. The molecule has 0 saturated carbocycles. The van der Waals surface area contributed by atoms with Gasteiger partial charge in [0.2, 0.25) is 5.91 Å². The number of amides is 1. The molecule has 0 radical (unpaired) electrons. The van der Waals surface area contributed by atoms with Crippen molar-refractivity contribution in [2.24, 2.45) is 0 Å². The second-order valence-electron chi connectivity index (χ2n) is 5.17. The number of anilines is 1. The number of nitrogens with zero attached hydrogens (tertiary/aromatic N) is 2. The highest BCUT2D eigenvalue weighted by atomic mass is 19.4. The van der Waals surface area contributed by atoms with Crippen molar-refractivity contribution in [3.8, 4) is 0 Å². The maximum atomic E-state index is 12.7. The Morgan fingerprint density at radius 2 is 2.00 bits per heavy atom. The van der Waals surface area contributed by atoms with Crippen LogP contribution in [0.2, 0.25) is 0 Å². The summed E-state index contributed by atoms with van der Waals surface area (Å²) in [4.78, 5) is 25.7. The highest BCUT2D eigenvalue weighted by molar-refractivity contribution is 5.93. The van der Waals surface area contributed by atoms with Gasteiger partial charge in [-0.2, -0.15) is 18.3 Å². The van der Waals surface area contributed by atoms with Gasteiger partial charge in [-0.25, -0.2) is 0 Å². The van der Waals surface area contributed by atoms with E-state index in [-0.39, 0.29) is 0 Å². The van der Waals surface area contributed by atoms with Gasteiger partial charge in [0.25, 0.3) is 5.56 Å². The van der Waals surface area contributed by atoms with Crippen LogP contribution in [0.15, 0.2) is 23.1 Å². The Balaban J connectivity index is 2.26. The maximum absolute atomic E-state index is 12.7. The molecule has 9 heteroatoms. The van der Waals surface area contributed by atoms with E-state index in [1.807, 2.05) is 4.98 Å². The van der Waals surface area contributed by atoms with Crippen LogP contribution in [0, 0.1) is 13.8 Å². The number of aryl methyl sites for hydroxylation is 2. The smallest absolute Gasteiger partial charge is 0.327 e. The Hall–Kier alpha value is -2.58. The molecule has 1 amide bonds. The van der Waals surface area contributed by atoms with E-state index in [2.05, 4.69) is 10.4 Å². The zero-order chi connectivity index (χ0) is 17.4. The van der Waals surface area contributed by atoms with Crippen molar-refractivity contribution >= 4 is 11.6 Å². The van der Waals surface area contributed by atoms with E-state index in [1.54, 1.807) is 19.9 Å². The average Bonchev–Trinajstić information content (AvgIpc) is 2.77. The molecule has 0 saturated heterocycles. The molecule has 1 atom stereocenters. The SMILES string of the molecule is Cc1cc(C)n([C@@H](C)C(=O)Nc2cc(C(F)(F)F)c[nH]c2=O)n1. The minimum absolute atomic E-state index is 0.460. The monoisotopic (exact) mass is 328 g/mol. The quantitative estimate of drug-likeness (QED) is 0.908. The lowest BCUT2D eigenvalue weighted by molar-refractivity contribution is -0.137. The fourth-order valence-corrected chi connectivity index (χ4v) is 2.13. The van der Waals surface area contributed by atoms with Gasteiger partial charge in [0, 0.05) is 11.9 Å². The zero-order valence-corrected chi connectivity index (χ0v) is 12.7. The molecule has 0 fully saturated rings. The Morgan fingerprint density at radius 1 is 1.35 bits per heavy atom. The Labute approximate surface area is 129 Å². The lowest BCUT2D eigenvalue weighted by atomic mass is 10.2. The van der Waals surface area contributed by atoms with Gasteiger partial charge in [0.15, 0.2) is 0 Å². The number of carbonyl (C=O) groups excluding carboxylic acids is 1. The standard InChI is InChI=1S/C14H15F3N4O2/c1-7-4-8(2)21(20-7)9(3)12(22)19-11-5-10(14(15,16)17)6-18-13(11)23/h4-6,9H,1-3H3,(H,18,23)(H,19,22)/t9-/m0/s1. The van der Waals surface area contributed by atoms with Gasteiger partial charge in [0.1, 0.15) is 11.7 Å². The molecule has 0 spiro atoms. The fraction of sp³-hybridized carbons (Fsp3) is 0.357. The van der Waals surface area contributed by atoms with Gasteiger partial charge in [-0.3, -0.25) is 14.3 Å². The predicted molar refractivity (Wildman–Crippen MR) is 77.1 cm³/mol. The minimum atomic E-state index is -4.62. The van der Waals surface area contributed by atoms with Crippen molar-refractivity contribution in [2.75, 3.05) is 5.32 Å². The molecule has 0 aliphatic rings. The molecule has 124 valence electrons. The lowest BCUT2D eigenvalue weighted by Gasteiger charge is -2.15. The summed E-state index contributed by atoms with van der Waals surface area (Å²) in [6.07, 6.45) is -4.06. The number of halogens is 3. The third-order valence-electron chi connectivity index (χ3n) is 3.28. The summed E-state index contributed by atoms with van der Waals surface area (Å²) in [6, 6.07) is 1.59. The molecule has 23 heavy (non-hydrogen) atoms. The van der Waals surface area contributed by atoms with Gasteiger partial charge in [-0.15, -0.1) is 0 Å². The van der Waals surface area contributed by atoms with Crippen molar-refractivity contribution < 1.29 is 18.0 Å². The van der Waals surface area contributed by atoms with Crippen molar-refractivity contribution in [3.05, 3.63) is 45.6 Å². The van der Waals surface area contributed by atoms with Gasteiger partial charge in [-0.1, -0.05) is 0 Å². The lowest BCUT2D eigenvalue weighted by Crippen LogP contribution is -2.28. The highest BCUT2D eigenvalue weighted by Gasteiger charge is 2.31. The highest BCUT2D eigenvalue weighted by Crippen LogP contribution is 2.29. The van der Waals surface area contributed by atoms with Gasteiger partial charge in [-0.05, 0) is 32.9 Å². The fourth-order valence-electron chi connectivity index (χ4n) is 2.13. The Morgan fingerprint density at radius 3 is 2.52 bits per heavy atom. The predicted octanol–water partition coefficient (Wildman–Crippen LogP) is 2.41. The number of carbonyl (C=O) groups is 1. The number of rotatable bonds is 3. The van der Waals surface area contributed by atoms with Crippen LogP contribution < -0.4 is 10.9 Å². The van der Waals surface area contributed by atoms with Crippen molar-refractivity contribution in [2.45, 2.75) is 33.0 Å². The van der Waals surface area contributed by atoms with Crippen molar-refractivity contribution in [1.82, 2.24) is 14.8 Å². The summed E-state index contributed by atoms with van der Waals surface area (Å²) in [6.45, 7) is 5.04. The van der Waals surface area contributed by atoms with Gasteiger partial charge < -0.3 is 10.3 Å². The number of hydrogen-bond donors (Lipinski definition) is 2. The van der Waals surface area contributed by atoms with Crippen molar-refractivity contribution in [3.63, 3.8) is 0 Å². The molecular formula is C14H15F3N4O2. The van der Waals surface area contributed by atoms with E-state index in [9.17, 15) is 22.8 Å². The van der Waals surface area contributed by atoms with Crippen LogP contribution in [0.4, 0.5) is 18.9 Å². The van der Waals surface area contributed by atoms with Crippen LogP contribution in [0.25, 0.3) is 0 Å². The molecule has 0 aromatic carbocycles. The van der Waals surface area contributed by atoms with Gasteiger partial charge in [0.05, 0.1) is 11.3 Å². The second-order valence-corrected chi connectivity index (χ2v) is 5.17. The molecule has 6 nitrogen and oxygen atoms in total. The first-order chi connectivity index (χ1) is 10.6. The summed E-state index contributed by atoms with van der Waals surface area (Å²) in [5.41, 5.74) is -0.890. The molecule has 0 bridgehead atoms. The summed E-state index contributed by atoms with van der Waals surface area (Å²) in [5.74, 6) is -0.638. The number of H-pyrrole nitrogens is 1. The molecule has 0 aliphatic heterocycles. The van der Waals surface area contributed by atoms with E-state index < -0.39 is 34.9 Å². The zero-order valence-electron chi connectivity index (χ0n) is 12.7. The number of alkyl halides is 3. The maximum Gasteiger partial charge on any atom is 0.417 e. The van der Waals surface area contributed by atoms with Crippen LogP contribution in [0.5, 0.6) is 0 Å². The van der Waals surface area contributed by atoms with E-state index in [4.69, 9.17) is 0 Å². The van der Waals surface area contributed by atoms with Crippen molar-refractivity contribution in [1.29, 1.82) is 0 Å². The van der Waals surface area contributed by atoms with E-state index in [1.165, 1.54) is 11.6 Å². The van der Waals surface area contributed by atoms with Crippen LogP contribution in [0.3, 0.4) is 0 Å². The number of aromatic nitrogens is 3. The summed E-state index contributed by atoms with van der Waals surface area (Å²) < 4.78 is 39.4. The van der Waals surface area contributed by atoms with Crippen LogP contribution in [-0.2, 0) is 11.0 Å². The van der Waals surface area contributed by atoms with Crippen LogP contribution >= 0.6 is 0 Å². The van der Waals surface area contributed by atoms with Crippen LogP contribution in [-0.4, -0.2) is 20.7 Å². The number of nitrogens with one attached hydrogen (secondary N) is 2. The first-order valence-corrected chi connectivity index (χ1v) is 6.73. The second kappa shape index (κ2) is 5.90. The molecule has 0 aliphatic carbocycles.